The minimum Gasteiger partial charge on any atom is -0.497 e. The summed E-state index contributed by atoms with van der Waals surface area (Å²) in [5, 5.41) is 6.15. The molecule has 0 aromatic heterocycles. The van der Waals surface area contributed by atoms with Crippen LogP contribution in [0.4, 0.5) is 5.69 Å². The number of hydrogen-bond donors (Lipinski definition) is 2. The van der Waals surface area contributed by atoms with Crippen molar-refractivity contribution in [2.75, 3.05) is 19.0 Å². The van der Waals surface area contributed by atoms with Gasteiger partial charge in [-0.25, -0.2) is 0 Å². The summed E-state index contributed by atoms with van der Waals surface area (Å²) in [7, 11) is 1.63. The lowest BCUT2D eigenvalue weighted by Crippen LogP contribution is -2.24. The molecule has 0 aliphatic heterocycles. The number of methoxy groups -OCH3 is 1. The van der Waals surface area contributed by atoms with Gasteiger partial charge in [-0.15, -0.1) is 0 Å². The normalized spacial score (nSPS) is 10.4. The highest BCUT2D eigenvalue weighted by atomic mass is 16.5. The first-order chi connectivity index (χ1) is 12.1. The molecule has 2 N–H and O–H groups in total. The third kappa shape index (κ3) is 6.75. The van der Waals surface area contributed by atoms with E-state index in [0.717, 1.165) is 22.7 Å². The average molecular weight is 342 g/mol. The Hall–Kier alpha value is -2.69. The SMILES string of the molecule is COc1ccc(CNC(=O)CCNc2ccc(OC(C)C)cc2)cc1. The fourth-order valence-electron chi connectivity index (χ4n) is 2.28. The van der Waals surface area contributed by atoms with E-state index in [-0.39, 0.29) is 12.0 Å². The number of benzene rings is 2. The van der Waals surface area contributed by atoms with Crippen LogP contribution >= 0.6 is 0 Å². The molecule has 2 aromatic rings. The molecular formula is C20H26N2O3. The molecule has 0 spiro atoms. The van der Waals surface area contributed by atoms with Crippen molar-refractivity contribution in [1.29, 1.82) is 0 Å². The highest BCUT2D eigenvalue weighted by molar-refractivity contribution is 5.76. The zero-order valence-corrected chi connectivity index (χ0v) is 15.0. The number of rotatable bonds is 9. The molecule has 5 heteroatoms. The maximum absolute atomic E-state index is 11.9. The van der Waals surface area contributed by atoms with E-state index in [2.05, 4.69) is 10.6 Å². The molecule has 0 atom stereocenters. The Kier molecular flexibility index (Phi) is 7.14. The molecule has 2 rings (SSSR count). The van der Waals surface area contributed by atoms with Crippen molar-refractivity contribution >= 4 is 11.6 Å². The largest absolute Gasteiger partial charge is 0.497 e. The minimum atomic E-state index is 0.0167. The Balaban J connectivity index is 1.67. The predicted octanol–water partition coefficient (Wildman–Crippen LogP) is 3.60. The molecule has 0 fully saturated rings. The van der Waals surface area contributed by atoms with Gasteiger partial charge < -0.3 is 20.1 Å². The molecule has 2 aromatic carbocycles. The van der Waals surface area contributed by atoms with Crippen LogP contribution in [-0.4, -0.2) is 25.7 Å². The topological polar surface area (TPSA) is 59.6 Å². The number of carbonyl (C=O) groups is 1. The third-order valence-corrected chi connectivity index (χ3v) is 3.56. The zero-order chi connectivity index (χ0) is 18.1. The molecule has 0 saturated carbocycles. The van der Waals surface area contributed by atoms with Crippen LogP contribution in [0.25, 0.3) is 0 Å². The molecule has 0 bridgehead atoms. The maximum Gasteiger partial charge on any atom is 0.222 e. The van der Waals surface area contributed by atoms with Gasteiger partial charge in [0.2, 0.25) is 5.91 Å². The van der Waals surface area contributed by atoms with E-state index in [9.17, 15) is 4.79 Å². The number of amides is 1. The first kappa shape index (κ1) is 18.6. The highest BCUT2D eigenvalue weighted by Crippen LogP contribution is 2.16. The van der Waals surface area contributed by atoms with Gasteiger partial charge in [0.05, 0.1) is 13.2 Å². The van der Waals surface area contributed by atoms with Crippen LogP contribution in [0.15, 0.2) is 48.5 Å². The maximum atomic E-state index is 11.9. The Labute approximate surface area is 149 Å². The summed E-state index contributed by atoms with van der Waals surface area (Å²) in [5.74, 6) is 1.67. The number of hydrogen-bond acceptors (Lipinski definition) is 4. The van der Waals surface area contributed by atoms with Gasteiger partial charge in [-0.1, -0.05) is 12.1 Å². The molecule has 25 heavy (non-hydrogen) atoms. The quantitative estimate of drug-likeness (QED) is 0.731. The van der Waals surface area contributed by atoms with Gasteiger partial charge in [-0.2, -0.15) is 0 Å². The van der Waals surface area contributed by atoms with Crippen LogP contribution in [0, 0.1) is 0 Å². The van der Waals surface area contributed by atoms with Gasteiger partial charge in [0.25, 0.3) is 0 Å². The van der Waals surface area contributed by atoms with E-state index in [1.807, 2.05) is 62.4 Å². The lowest BCUT2D eigenvalue weighted by Gasteiger charge is -2.11. The molecule has 134 valence electrons. The van der Waals surface area contributed by atoms with Gasteiger partial charge in [0, 0.05) is 25.2 Å². The number of anilines is 1. The van der Waals surface area contributed by atoms with Crippen LogP contribution in [-0.2, 0) is 11.3 Å². The summed E-state index contributed by atoms with van der Waals surface area (Å²) in [4.78, 5) is 11.9. The summed E-state index contributed by atoms with van der Waals surface area (Å²) < 4.78 is 10.7. The van der Waals surface area contributed by atoms with E-state index >= 15 is 0 Å². The predicted molar refractivity (Wildman–Crippen MR) is 100 cm³/mol. The molecule has 0 saturated heterocycles. The summed E-state index contributed by atoms with van der Waals surface area (Å²) in [5.41, 5.74) is 2.02. The standard InChI is InChI=1S/C20H26N2O3/c1-15(2)25-19-10-6-17(7-11-19)21-13-12-20(23)22-14-16-4-8-18(24-3)9-5-16/h4-11,15,21H,12-14H2,1-3H3,(H,22,23). The van der Waals surface area contributed by atoms with Crippen molar-refractivity contribution in [3.63, 3.8) is 0 Å². The average Bonchev–Trinajstić information content (AvgIpc) is 2.61. The van der Waals surface area contributed by atoms with Gasteiger partial charge in [0.15, 0.2) is 0 Å². The molecule has 5 nitrogen and oxygen atoms in total. The summed E-state index contributed by atoms with van der Waals surface area (Å²) in [6.45, 7) is 5.09. The van der Waals surface area contributed by atoms with Crippen molar-refractivity contribution in [3.8, 4) is 11.5 Å². The number of ether oxygens (including phenoxy) is 2. The Bertz CT molecular complexity index is 652. The van der Waals surface area contributed by atoms with Crippen molar-refractivity contribution in [3.05, 3.63) is 54.1 Å². The molecular weight excluding hydrogens is 316 g/mol. The number of nitrogens with one attached hydrogen (secondary N) is 2. The van der Waals surface area contributed by atoms with Gasteiger partial charge >= 0.3 is 0 Å². The van der Waals surface area contributed by atoms with E-state index in [0.29, 0.717) is 19.5 Å². The first-order valence-corrected chi connectivity index (χ1v) is 8.47. The van der Waals surface area contributed by atoms with Crippen LogP contribution < -0.4 is 20.1 Å². The summed E-state index contributed by atoms with van der Waals surface area (Å²) >= 11 is 0. The fourth-order valence-corrected chi connectivity index (χ4v) is 2.28. The minimum absolute atomic E-state index is 0.0167. The van der Waals surface area contributed by atoms with Gasteiger partial charge in [-0.05, 0) is 55.8 Å². The van der Waals surface area contributed by atoms with E-state index in [4.69, 9.17) is 9.47 Å². The lowest BCUT2D eigenvalue weighted by atomic mass is 10.2. The molecule has 0 heterocycles. The Morgan fingerprint density at radius 2 is 1.64 bits per heavy atom. The molecule has 1 amide bonds. The van der Waals surface area contributed by atoms with Crippen molar-refractivity contribution in [1.82, 2.24) is 5.32 Å². The Morgan fingerprint density at radius 1 is 1.00 bits per heavy atom. The second-order valence-electron chi connectivity index (χ2n) is 5.99. The Morgan fingerprint density at radius 3 is 2.24 bits per heavy atom. The van der Waals surface area contributed by atoms with Crippen LogP contribution in [0.1, 0.15) is 25.8 Å². The van der Waals surface area contributed by atoms with E-state index in [1.165, 1.54) is 0 Å². The first-order valence-electron chi connectivity index (χ1n) is 8.47. The second-order valence-corrected chi connectivity index (χ2v) is 5.99. The van der Waals surface area contributed by atoms with Crippen LogP contribution in [0.2, 0.25) is 0 Å². The van der Waals surface area contributed by atoms with Crippen LogP contribution in [0.3, 0.4) is 0 Å². The molecule has 0 unspecified atom stereocenters. The van der Waals surface area contributed by atoms with E-state index < -0.39 is 0 Å². The molecule has 0 aliphatic carbocycles. The van der Waals surface area contributed by atoms with Crippen molar-refractivity contribution < 1.29 is 14.3 Å². The van der Waals surface area contributed by atoms with Crippen molar-refractivity contribution in [2.45, 2.75) is 32.9 Å². The third-order valence-electron chi connectivity index (χ3n) is 3.56. The number of carbonyl (C=O) groups excluding carboxylic acids is 1. The van der Waals surface area contributed by atoms with Crippen LogP contribution in [0.5, 0.6) is 11.5 Å². The highest BCUT2D eigenvalue weighted by Gasteiger charge is 2.02. The second kappa shape index (κ2) is 9.57. The summed E-state index contributed by atoms with van der Waals surface area (Å²) in [6.07, 6.45) is 0.577. The van der Waals surface area contributed by atoms with Gasteiger partial charge in [0.1, 0.15) is 11.5 Å². The smallest absolute Gasteiger partial charge is 0.222 e. The fraction of sp³-hybridized carbons (Fsp3) is 0.350. The monoisotopic (exact) mass is 342 g/mol. The molecule has 0 radical (unpaired) electrons. The van der Waals surface area contributed by atoms with Gasteiger partial charge in [-0.3, -0.25) is 4.79 Å². The lowest BCUT2D eigenvalue weighted by molar-refractivity contribution is -0.121. The van der Waals surface area contributed by atoms with E-state index in [1.54, 1.807) is 7.11 Å². The summed E-state index contributed by atoms with van der Waals surface area (Å²) in [6, 6.07) is 15.4. The zero-order valence-electron chi connectivity index (χ0n) is 15.0. The molecule has 0 aliphatic rings. The van der Waals surface area contributed by atoms with Crippen molar-refractivity contribution in [2.24, 2.45) is 0 Å².